The standard InChI is InChI=1S/C10H11ClN4O2S/c1-15-6-8(5-13-15)14-18(16,17)10-4-7(11)2-3-9(10)12/h2-6,14H,12H2,1H3. The molecule has 0 unspecified atom stereocenters. The van der Waals surface area contributed by atoms with E-state index in [-0.39, 0.29) is 10.6 Å². The second kappa shape index (κ2) is 4.51. The molecule has 0 saturated carbocycles. The van der Waals surface area contributed by atoms with Crippen LogP contribution in [0.5, 0.6) is 0 Å². The van der Waals surface area contributed by atoms with Crippen LogP contribution >= 0.6 is 11.6 Å². The minimum Gasteiger partial charge on any atom is -0.398 e. The smallest absolute Gasteiger partial charge is 0.264 e. The van der Waals surface area contributed by atoms with Crippen LogP contribution in [-0.4, -0.2) is 18.2 Å². The van der Waals surface area contributed by atoms with Gasteiger partial charge in [-0.25, -0.2) is 8.42 Å². The molecule has 0 fully saturated rings. The second-order valence-electron chi connectivity index (χ2n) is 3.69. The van der Waals surface area contributed by atoms with Crippen molar-refractivity contribution in [1.82, 2.24) is 9.78 Å². The summed E-state index contributed by atoms with van der Waals surface area (Å²) in [5.74, 6) is 0. The number of nitrogens with zero attached hydrogens (tertiary/aromatic N) is 2. The molecule has 6 nitrogen and oxygen atoms in total. The van der Waals surface area contributed by atoms with Crippen molar-refractivity contribution in [3.8, 4) is 0 Å². The minimum atomic E-state index is -3.77. The number of rotatable bonds is 3. The Morgan fingerprint density at radius 2 is 2.17 bits per heavy atom. The van der Waals surface area contributed by atoms with Gasteiger partial charge in [0.15, 0.2) is 0 Å². The number of anilines is 2. The second-order valence-corrected chi connectivity index (χ2v) is 5.78. The highest BCUT2D eigenvalue weighted by Crippen LogP contribution is 2.24. The minimum absolute atomic E-state index is 0.0566. The predicted octanol–water partition coefficient (Wildman–Crippen LogP) is 1.46. The van der Waals surface area contributed by atoms with E-state index in [9.17, 15) is 8.42 Å². The van der Waals surface area contributed by atoms with E-state index < -0.39 is 10.0 Å². The zero-order chi connectivity index (χ0) is 13.3. The van der Waals surface area contributed by atoms with Crippen LogP contribution in [0.1, 0.15) is 0 Å². The van der Waals surface area contributed by atoms with E-state index in [1.54, 1.807) is 7.05 Å². The van der Waals surface area contributed by atoms with Gasteiger partial charge >= 0.3 is 0 Å². The van der Waals surface area contributed by atoms with Gasteiger partial charge in [0.2, 0.25) is 0 Å². The number of aromatic nitrogens is 2. The Morgan fingerprint density at radius 3 is 2.78 bits per heavy atom. The highest BCUT2D eigenvalue weighted by atomic mass is 35.5. The summed E-state index contributed by atoms with van der Waals surface area (Å²) in [4.78, 5) is -0.0566. The Balaban J connectivity index is 2.39. The lowest BCUT2D eigenvalue weighted by molar-refractivity contribution is 0.601. The number of nitrogen functional groups attached to an aromatic ring is 1. The molecule has 3 N–H and O–H groups in total. The van der Waals surface area contributed by atoms with Crippen molar-refractivity contribution in [2.45, 2.75) is 4.90 Å². The van der Waals surface area contributed by atoms with Crippen LogP contribution in [0.25, 0.3) is 0 Å². The van der Waals surface area contributed by atoms with Gasteiger partial charge in [-0.05, 0) is 18.2 Å². The third-order valence-corrected chi connectivity index (χ3v) is 3.89. The first-order chi connectivity index (χ1) is 8.38. The molecule has 0 saturated heterocycles. The van der Waals surface area contributed by atoms with Crippen LogP contribution in [-0.2, 0) is 17.1 Å². The Labute approximate surface area is 109 Å². The fraction of sp³-hybridized carbons (Fsp3) is 0.100. The molecule has 8 heteroatoms. The van der Waals surface area contributed by atoms with E-state index in [1.165, 1.54) is 35.3 Å². The number of nitrogens with two attached hydrogens (primary N) is 1. The molecule has 18 heavy (non-hydrogen) atoms. The Hall–Kier alpha value is -1.73. The quantitative estimate of drug-likeness (QED) is 0.836. The number of nitrogens with one attached hydrogen (secondary N) is 1. The van der Waals surface area contributed by atoms with E-state index >= 15 is 0 Å². The van der Waals surface area contributed by atoms with Gasteiger partial charge in [0, 0.05) is 18.3 Å². The molecule has 0 aliphatic carbocycles. The molecule has 0 aliphatic rings. The monoisotopic (exact) mass is 286 g/mol. The number of aryl methyl sites for hydroxylation is 1. The van der Waals surface area contributed by atoms with Crippen molar-refractivity contribution < 1.29 is 8.42 Å². The highest BCUT2D eigenvalue weighted by Gasteiger charge is 2.18. The van der Waals surface area contributed by atoms with E-state index in [2.05, 4.69) is 9.82 Å². The van der Waals surface area contributed by atoms with E-state index in [0.717, 1.165) is 0 Å². The topological polar surface area (TPSA) is 90.0 Å². The van der Waals surface area contributed by atoms with Gasteiger partial charge in [-0.1, -0.05) is 11.6 Å². The molecule has 96 valence electrons. The van der Waals surface area contributed by atoms with Crippen molar-refractivity contribution in [3.05, 3.63) is 35.6 Å². The fourth-order valence-corrected chi connectivity index (χ4v) is 2.85. The molecule has 0 atom stereocenters. The summed E-state index contributed by atoms with van der Waals surface area (Å²) in [6.07, 6.45) is 2.94. The van der Waals surface area contributed by atoms with Crippen molar-refractivity contribution in [3.63, 3.8) is 0 Å². The van der Waals surface area contributed by atoms with Gasteiger partial charge < -0.3 is 5.73 Å². The van der Waals surface area contributed by atoms with Gasteiger partial charge in [0.1, 0.15) is 4.90 Å². The third kappa shape index (κ3) is 2.57. The molecule has 2 rings (SSSR count). The fourth-order valence-electron chi connectivity index (χ4n) is 1.42. The molecule has 1 heterocycles. The summed E-state index contributed by atoms with van der Waals surface area (Å²) in [5.41, 5.74) is 6.13. The number of benzene rings is 1. The molecule has 0 spiro atoms. The van der Waals surface area contributed by atoms with Crippen LogP contribution in [0, 0.1) is 0 Å². The SMILES string of the molecule is Cn1cc(NS(=O)(=O)c2cc(Cl)ccc2N)cn1. The van der Waals surface area contributed by atoms with Crippen LogP contribution in [0.2, 0.25) is 5.02 Å². The van der Waals surface area contributed by atoms with E-state index in [1.807, 2.05) is 0 Å². The lowest BCUT2D eigenvalue weighted by Crippen LogP contribution is -2.14. The highest BCUT2D eigenvalue weighted by molar-refractivity contribution is 7.92. The first kappa shape index (κ1) is 12.7. The first-order valence-corrected chi connectivity index (χ1v) is 6.81. The third-order valence-electron chi connectivity index (χ3n) is 2.22. The average Bonchev–Trinajstić information content (AvgIpc) is 2.66. The van der Waals surface area contributed by atoms with E-state index in [4.69, 9.17) is 17.3 Å². The maximum absolute atomic E-state index is 12.1. The van der Waals surface area contributed by atoms with Gasteiger partial charge in [-0.2, -0.15) is 5.10 Å². The zero-order valence-electron chi connectivity index (χ0n) is 9.46. The summed E-state index contributed by atoms with van der Waals surface area (Å²) in [6.45, 7) is 0. The van der Waals surface area contributed by atoms with Crippen molar-refractivity contribution >= 4 is 33.0 Å². The lowest BCUT2D eigenvalue weighted by Gasteiger charge is -2.08. The predicted molar refractivity (Wildman–Crippen MR) is 69.9 cm³/mol. The molecular formula is C10H11ClN4O2S. The van der Waals surface area contributed by atoms with Gasteiger partial charge in [0.05, 0.1) is 17.6 Å². The Morgan fingerprint density at radius 1 is 1.44 bits per heavy atom. The zero-order valence-corrected chi connectivity index (χ0v) is 11.0. The molecule has 0 aliphatic heterocycles. The molecule has 0 radical (unpaired) electrons. The first-order valence-electron chi connectivity index (χ1n) is 4.95. The van der Waals surface area contributed by atoms with Crippen molar-refractivity contribution in [1.29, 1.82) is 0 Å². The number of hydrogen-bond donors (Lipinski definition) is 2. The molecule has 1 aromatic carbocycles. The summed E-state index contributed by atoms with van der Waals surface area (Å²) in [6, 6.07) is 4.27. The molecule has 2 aromatic rings. The van der Waals surface area contributed by atoms with Gasteiger partial charge in [-0.3, -0.25) is 9.40 Å². The van der Waals surface area contributed by atoms with Gasteiger partial charge in [-0.15, -0.1) is 0 Å². The number of halogens is 1. The Bertz CT molecular complexity index is 681. The summed E-state index contributed by atoms with van der Waals surface area (Å²) < 4.78 is 28.1. The van der Waals surface area contributed by atoms with Crippen molar-refractivity contribution in [2.24, 2.45) is 7.05 Å². The molecule has 1 aromatic heterocycles. The average molecular weight is 287 g/mol. The maximum atomic E-state index is 12.1. The molecule has 0 bridgehead atoms. The van der Waals surface area contributed by atoms with Crippen LogP contribution in [0.15, 0.2) is 35.5 Å². The van der Waals surface area contributed by atoms with E-state index in [0.29, 0.717) is 10.7 Å². The lowest BCUT2D eigenvalue weighted by atomic mass is 10.3. The normalized spacial score (nSPS) is 11.4. The summed E-state index contributed by atoms with van der Waals surface area (Å²) in [5, 5.41) is 4.17. The number of hydrogen-bond acceptors (Lipinski definition) is 4. The molecule has 0 amide bonds. The van der Waals surface area contributed by atoms with Crippen LogP contribution < -0.4 is 10.5 Å². The number of sulfonamides is 1. The summed E-state index contributed by atoms with van der Waals surface area (Å²) >= 11 is 5.77. The van der Waals surface area contributed by atoms with Crippen LogP contribution in [0.4, 0.5) is 11.4 Å². The van der Waals surface area contributed by atoms with Crippen molar-refractivity contribution in [2.75, 3.05) is 10.5 Å². The molecular weight excluding hydrogens is 276 g/mol. The summed E-state index contributed by atoms with van der Waals surface area (Å²) in [7, 11) is -2.08. The maximum Gasteiger partial charge on any atom is 0.264 e. The largest absolute Gasteiger partial charge is 0.398 e. The van der Waals surface area contributed by atoms with Gasteiger partial charge in [0.25, 0.3) is 10.0 Å². The van der Waals surface area contributed by atoms with Crippen LogP contribution in [0.3, 0.4) is 0 Å². The Kier molecular flexibility index (Phi) is 3.18.